The molecule has 2 aromatic heterocycles. The van der Waals surface area contributed by atoms with Crippen LogP contribution in [0.1, 0.15) is 5.56 Å². The summed E-state index contributed by atoms with van der Waals surface area (Å²) in [5, 5.41) is 11.7. The van der Waals surface area contributed by atoms with Crippen LogP contribution in [0.2, 0.25) is 0 Å². The standard InChI is InChI=1S/C16H12ClN5S/c17-14(9-12-5-2-1-3-6-12)11-19-22-15(20-21-16(22)23)13-7-4-8-18-10-13/h1-11H,(H,21,23)/b14-9+,19-11-. The van der Waals surface area contributed by atoms with Crippen molar-refractivity contribution in [3.8, 4) is 11.4 Å². The fourth-order valence-electron chi connectivity index (χ4n) is 1.94. The quantitative estimate of drug-likeness (QED) is 0.573. The maximum atomic E-state index is 6.20. The van der Waals surface area contributed by atoms with Crippen LogP contribution >= 0.6 is 23.8 Å². The highest BCUT2D eigenvalue weighted by molar-refractivity contribution is 7.71. The SMILES string of the molecule is S=c1[nH]nc(-c2cccnc2)n1/N=C\C(Cl)=C/c1ccccc1. The van der Waals surface area contributed by atoms with Gasteiger partial charge in [0.1, 0.15) is 0 Å². The topological polar surface area (TPSA) is 58.9 Å². The van der Waals surface area contributed by atoms with E-state index in [9.17, 15) is 0 Å². The molecule has 0 fully saturated rings. The summed E-state index contributed by atoms with van der Waals surface area (Å²) >= 11 is 11.4. The third kappa shape index (κ3) is 3.80. The van der Waals surface area contributed by atoms with E-state index >= 15 is 0 Å². The molecule has 0 unspecified atom stereocenters. The van der Waals surface area contributed by atoms with Gasteiger partial charge in [0.25, 0.3) is 0 Å². The molecule has 23 heavy (non-hydrogen) atoms. The number of pyridine rings is 1. The smallest absolute Gasteiger partial charge is 0.216 e. The van der Waals surface area contributed by atoms with E-state index in [1.807, 2.05) is 48.5 Å². The van der Waals surface area contributed by atoms with Gasteiger partial charge in [-0.1, -0.05) is 41.9 Å². The van der Waals surface area contributed by atoms with Crippen LogP contribution in [0.15, 0.2) is 65.0 Å². The van der Waals surface area contributed by atoms with Crippen molar-refractivity contribution in [2.45, 2.75) is 0 Å². The molecule has 1 N–H and O–H groups in total. The Balaban J connectivity index is 1.90. The first-order chi connectivity index (χ1) is 11.2. The van der Waals surface area contributed by atoms with Crippen molar-refractivity contribution in [1.29, 1.82) is 0 Å². The summed E-state index contributed by atoms with van der Waals surface area (Å²) in [4.78, 5) is 4.07. The Bertz CT molecular complexity index is 897. The number of allylic oxidation sites excluding steroid dienone is 1. The highest BCUT2D eigenvalue weighted by atomic mass is 35.5. The average molecular weight is 342 g/mol. The van der Waals surface area contributed by atoms with Crippen molar-refractivity contribution < 1.29 is 0 Å². The molecule has 0 spiro atoms. The molecule has 114 valence electrons. The van der Waals surface area contributed by atoms with Gasteiger partial charge in [-0.15, -0.1) is 0 Å². The second-order valence-corrected chi connectivity index (χ2v) is 5.41. The Kier molecular flexibility index (Phi) is 4.75. The molecule has 1 aromatic carbocycles. The third-order valence-electron chi connectivity index (χ3n) is 2.97. The molecule has 2 heterocycles. The minimum absolute atomic E-state index is 0.379. The molecule has 5 nitrogen and oxygen atoms in total. The van der Waals surface area contributed by atoms with Crippen LogP contribution in [-0.2, 0) is 0 Å². The molecule has 0 aliphatic rings. The van der Waals surface area contributed by atoms with E-state index in [0.717, 1.165) is 11.1 Å². The fraction of sp³-hybridized carbons (Fsp3) is 0. The summed E-state index contributed by atoms with van der Waals surface area (Å²) in [5.41, 5.74) is 1.80. The van der Waals surface area contributed by atoms with Gasteiger partial charge in [-0.3, -0.25) is 4.98 Å². The lowest BCUT2D eigenvalue weighted by molar-refractivity contribution is 0.871. The molecular weight excluding hydrogens is 330 g/mol. The second kappa shape index (κ2) is 7.13. The number of benzene rings is 1. The van der Waals surface area contributed by atoms with E-state index in [4.69, 9.17) is 23.8 Å². The van der Waals surface area contributed by atoms with E-state index in [1.54, 1.807) is 12.4 Å². The summed E-state index contributed by atoms with van der Waals surface area (Å²) in [6.07, 6.45) is 6.73. The Morgan fingerprint density at radius 3 is 2.78 bits per heavy atom. The van der Waals surface area contributed by atoms with E-state index in [0.29, 0.717) is 15.6 Å². The van der Waals surface area contributed by atoms with Crippen LogP contribution in [0.5, 0.6) is 0 Å². The van der Waals surface area contributed by atoms with E-state index in [-0.39, 0.29) is 0 Å². The molecular formula is C16H12ClN5S. The number of hydrogen-bond donors (Lipinski definition) is 1. The number of H-pyrrole nitrogens is 1. The van der Waals surface area contributed by atoms with Gasteiger partial charge in [0.15, 0.2) is 5.82 Å². The Hall–Kier alpha value is -2.57. The lowest BCUT2D eigenvalue weighted by atomic mass is 10.2. The summed E-state index contributed by atoms with van der Waals surface area (Å²) in [7, 11) is 0. The second-order valence-electron chi connectivity index (χ2n) is 4.59. The molecule has 3 rings (SSSR count). The zero-order chi connectivity index (χ0) is 16.1. The lowest BCUT2D eigenvalue weighted by Gasteiger charge is -1.99. The fourth-order valence-corrected chi connectivity index (χ4v) is 2.29. The van der Waals surface area contributed by atoms with Crippen molar-refractivity contribution in [2.75, 3.05) is 0 Å². The molecule has 0 saturated heterocycles. The van der Waals surface area contributed by atoms with Gasteiger partial charge in [0.05, 0.1) is 11.2 Å². The van der Waals surface area contributed by atoms with Crippen LogP contribution in [0.4, 0.5) is 0 Å². The van der Waals surface area contributed by atoms with Gasteiger partial charge in [-0.2, -0.15) is 14.9 Å². The predicted molar refractivity (Wildman–Crippen MR) is 94.8 cm³/mol. The first-order valence-electron chi connectivity index (χ1n) is 6.78. The first-order valence-corrected chi connectivity index (χ1v) is 7.57. The van der Waals surface area contributed by atoms with Crippen molar-refractivity contribution >= 4 is 36.1 Å². The molecule has 0 radical (unpaired) electrons. The van der Waals surface area contributed by atoms with Gasteiger partial charge in [0, 0.05) is 18.0 Å². The number of nitrogens with one attached hydrogen (secondary N) is 1. The number of rotatable bonds is 4. The molecule has 0 aliphatic carbocycles. The number of aromatic amines is 1. The number of halogens is 1. The number of hydrogen-bond acceptors (Lipinski definition) is 4. The van der Waals surface area contributed by atoms with Gasteiger partial charge >= 0.3 is 0 Å². The Morgan fingerprint density at radius 1 is 1.22 bits per heavy atom. The Labute approximate surface area is 143 Å². The van der Waals surface area contributed by atoms with Crippen LogP contribution < -0.4 is 0 Å². The van der Waals surface area contributed by atoms with Crippen molar-refractivity contribution in [3.05, 3.63) is 70.2 Å². The highest BCUT2D eigenvalue weighted by Crippen LogP contribution is 2.16. The third-order valence-corrected chi connectivity index (χ3v) is 3.44. The largest absolute Gasteiger partial charge is 0.264 e. The van der Waals surface area contributed by atoms with Crippen LogP contribution in [0.25, 0.3) is 17.5 Å². The van der Waals surface area contributed by atoms with Crippen LogP contribution in [-0.4, -0.2) is 26.1 Å². The number of aromatic nitrogens is 4. The summed E-state index contributed by atoms with van der Waals surface area (Å²) in [6, 6.07) is 13.5. The molecule has 7 heteroatoms. The molecule has 0 amide bonds. The van der Waals surface area contributed by atoms with E-state index in [1.165, 1.54) is 10.9 Å². The van der Waals surface area contributed by atoms with Crippen molar-refractivity contribution in [1.82, 2.24) is 19.9 Å². The molecule has 0 bridgehead atoms. The zero-order valence-corrected chi connectivity index (χ0v) is 13.5. The van der Waals surface area contributed by atoms with Gasteiger partial charge in [-0.05, 0) is 36.0 Å². The number of nitrogens with zero attached hydrogens (tertiary/aromatic N) is 4. The molecule has 0 saturated carbocycles. The van der Waals surface area contributed by atoms with Crippen molar-refractivity contribution in [2.24, 2.45) is 5.10 Å². The highest BCUT2D eigenvalue weighted by Gasteiger charge is 2.07. The van der Waals surface area contributed by atoms with E-state index < -0.39 is 0 Å². The normalized spacial score (nSPS) is 12.0. The van der Waals surface area contributed by atoms with Crippen LogP contribution in [0, 0.1) is 4.77 Å². The minimum atomic E-state index is 0.379. The average Bonchev–Trinajstić information content (AvgIpc) is 2.95. The van der Waals surface area contributed by atoms with E-state index in [2.05, 4.69) is 20.3 Å². The summed E-state index contributed by atoms with van der Waals surface area (Å²) in [6.45, 7) is 0. The van der Waals surface area contributed by atoms with Gasteiger partial charge in [0.2, 0.25) is 4.77 Å². The van der Waals surface area contributed by atoms with Gasteiger partial charge < -0.3 is 0 Å². The zero-order valence-electron chi connectivity index (χ0n) is 11.9. The monoisotopic (exact) mass is 341 g/mol. The van der Waals surface area contributed by atoms with Crippen LogP contribution in [0.3, 0.4) is 0 Å². The summed E-state index contributed by atoms with van der Waals surface area (Å²) in [5.74, 6) is 0.573. The summed E-state index contributed by atoms with van der Waals surface area (Å²) < 4.78 is 1.89. The predicted octanol–water partition coefficient (Wildman–Crippen LogP) is 4.12. The maximum Gasteiger partial charge on any atom is 0.216 e. The molecule has 3 aromatic rings. The lowest BCUT2D eigenvalue weighted by Crippen LogP contribution is -1.94. The first kappa shape index (κ1) is 15.3. The van der Waals surface area contributed by atoms with Gasteiger partial charge in [-0.25, -0.2) is 5.10 Å². The Morgan fingerprint density at radius 2 is 2.04 bits per heavy atom. The van der Waals surface area contributed by atoms with Crippen molar-refractivity contribution in [3.63, 3.8) is 0 Å². The molecule has 0 aliphatic heterocycles. The molecule has 0 atom stereocenters. The minimum Gasteiger partial charge on any atom is -0.264 e. The maximum absolute atomic E-state index is 6.20.